The second kappa shape index (κ2) is 7.79. The van der Waals surface area contributed by atoms with Crippen LogP contribution in [-0.4, -0.2) is 23.1 Å². The van der Waals surface area contributed by atoms with Crippen molar-refractivity contribution in [2.75, 3.05) is 12.8 Å². The number of benzene rings is 1. The van der Waals surface area contributed by atoms with Gasteiger partial charge in [-0.2, -0.15) is 26.3 Å². The highest BCUT2D eigenvalue weighted by molar-refractivity contribution is 7.15. The Bertz CT molecular complexity index is 700. The molecule has 0 amide bonds. The number of alkyl halides is 6. The minimum absolute atomic E-state index is 0. The molecule has 3 nitrogen and oxygen atoms in total. The van der Waals surface area contributed by atoms with E-state index in [0.29, 0.717) is 10.9 Å². The molecule has 1 aromatic carbocycles. The van der Waals surface area contributed by atoms with Gasteiger partial charge < -0.3 is 5.73 Å². The number of nitrogen functional groups attached to an aromatic ring is 1. The van der Waals surface area contributed by atoms with Gasteiger partial charge in [0.1, 0.15) is 6.04 Å². The monoisotopic (exact) mass is 405 g/mol. The van der Waals surface area contributed by atoms with Crippen LogP contribution in [0.4, 0.5) is 31.5 Å². The van der Waals surface area contributed by atoms with Gasteiger partial charge in [-0.3, -0.25) is 4.90 Å². The van der Waals surface area contributed by atoms with Crippen molar-refractivity contribution in [3.8, 4) is 0 Å². The average Bonchev–Trinajstić information content (AvgIpc) is 2.82. The molecule has 0 aliphatic rings. The summed E-state index contributed by atoms with van der Waals surface area (Å²) < 4.78 is 78.6. The molecule has 2 rings (SSSR count). The zero-order chi connectivity index (χ0) is 18.1. The molecule has 25 heavy (non-hydrogen) atoms. The van der Waals surface area contributed by atoms with Crippen molar-refractivity contribution in [1.29, 1.82) is 0 Å². The highest BCUT2D eigenvalue weighted by Crippen LogP contribution is 2.40. The molecule has 2 N–H and O–H groups in total. The number of halogens is 7. The average molecular weight is 406 g/mol. The summed E-state index contributed by atoms with van der Waals surface area (Å²) in [6.45, 7) is -0.144. The third-order valence-corrected chi connectivity index (χ3v) is 4.07. The molecular weight excluding hydrogens is 392 g/mol. The standard InChI is InChI=1S/C14H13F6N3S.ClH/c1-23(7-10-6-22-12(21)24-10)11(14(18,19)20)8-3-2-4-9(5-8)13(15,16)17;/h2-6,11H,7H2,1H3,(H2,21,22);1H. The SMILES string of the molecule is CN(Cc1cnc(N)s1)C(c1cccc(C(F)(F)F)c1)C(F)(F)F.Cl. The van der Waals surface area contributed by atoms with E-state index in [9.17, 15) is 26.3 Å². The largest absolute Gasteiger partial charge is 0.416 e. The Kier molecular flexibility index (Phi) is 6.71. The van der Waals surface area contributed by atoms with E-state index in [1.54, 1.807) is 0 Å². The molecule has 2 aromatic rings. The number of rotatable bonds is 4. The lowest BCUT2D eigenvalue weighted by Gasteiger charge is -2.30. The van der Waals surface area contributed by atoms with Crippen LogP contribution in [0.25, 0.3) is 0 Å². The summed E-state index contributed by atoms with van der Waals surface area (Å²) >= 11 is 1.02. The Labute approximate surface area is 149 Å². The Morgan fingerprint density at radius 2 is 1.84 bits per heavy atom. The van der Waals surface area contributed by atoms with Crippen LogP contribution in [0.2, 0.25) is 0 Å². The van der Waals surface area contributed by atoms with Crippen LogP contribution in [0.15, 0.2) is 30.5 Å². The molecule has 1 aromatic heterocycles. The second-order valence-electron chi connectivity index (χ2n) is 5.15. The highest BCUT2D eigenvalue weighted by Gasteiger charge is 2.44. The van der Waals surface area contributed by atoms with Crippen LogP contribution in [-0.2, 0) is 12.7 Å². The number of hydrogen-bond donors (Lipinski definition) is 1. The van der Waals surface area contributed by atoms with Crippen molar-refractivity contribution in [2.24, 2.45) is 0 Å². The third-order valence-electron chi connectivity index (χ3n) is 3.26. The zero-order valence-corrected chi connectivity index (χ0v) is 14.4. The lowest BCUT2D eigenvalue weighted by molar-refractivity contribution is -0.184. The molecule has 0 aliphatic heterocycles. The topological polar surface area (TPSA) is 42.2 Å². The minimum Gasteiger partial charge on any atom is -0.375 e. The van der Waals surface area contributed by atoms with Crippen LogP contribution in [0, 0.1) is 0 Å². The van der Waals surface area contributed by atoms with Gasteiger partial charge in [0.05, 0.1) is 5.56 Å². The lowest BCUT2D eigenvalue weighted by Crippen LogP contribution is -2.35. The summed E-state index contributed by atoms with van der Waals surface area (Å²) in [6, 6.07) is 1.08. The highest BCUT2D eigenvalue weighted by atomic mass is 35.5. The Hall–Kier alpha value is -1.52. The quantitative estimate of drug-likeness (QED) is 0.735. The number of nitrogens with zero attached hydrogens (tertiary/aromatic N) is 2. The van der Waals surface area contributed by atoms with E-state index in [0.717, 1.165) is 34.4 Å². The molecule has 0 aliphatic carbocycles. The molecule has 0 bridgehead atoms. The molecule has 0 saturated carbocycles. The molecule has 0 fully saturated rings. The Morgan fingerprint density at radius 3 is 2.32 bits per heavy atom. The fraction of sp³-hybridized carbons (Fsp3) is 0.357. The maximum absolute atomic E-state index is 13.4. The van der Waals surface area contributed by atoms with Crippen molar-refractivity contribution < 1.29 is 26.3 Å². The van der Waals surface area contributed by atoms with Gasteiger partial charge in [0.25, 0.3) is 0 Å². The number of thiazole rings is 1. The van der Waals surface area contributed by atoms with Crippen molar-refractivity contribution in [3.63, 3.8) is 0 Å². The van der Waals surface area contributed by atoms with E-state index in [1.807, 2.05) is 0 Å². The fourth-order valence-corrected chi connectivity index (χ4v) is 3.06. The molecule has 0 spiro atoms. The lowest BCUT2D eigenvalue weighted by atomic mass is 10.0. The number of aromatic nitrogens is 1. The summed E-state index contributed by atoms with van der Waals surface area (Å²) in [7, 11) is 1.19. The fourth-order valence-electron chi connectivity index (χ4n) is 2.31. The van der Waals surface area contributed by atoms with Gasteiger partial charge in [-0.1, -0.05) is 12.1 Å². The Balaban J connectivity index is 0.00000312. The summed E-state index contributed by atoms with van der Waals surface area (Å²) in [5.41, 5.74) is 3.84. The normalized spacial score (nSPS) is 13.6. The molecule has 140 valence electrons. The van der Waals surface area contributed by atoms with Gasteiger partial charge >= 0.3 is 12.4 Å². The van der Waals surface area contributed by atoms with Gasteiger partial charge in [-0.15, -0.1) is 23.7 Å². The van der Waals surface area contributed by atoms with Gasteiger partial charge in [0.15, 0.2) is 5.13 Å². The van der Waals surface area contributed by atoms with E-state index in [-0.39, 0.29) is 24.1 Å². The van der Waals surface area contributed by atoms with E-state index < -0.39 is 29.5 Å². The first-order valence-electron chi connectivity index (χ1n) is 6.63. The zero-order valence-electron chi connectivity index (χ0n) is 12.7. The number of hydrogen-bond acceptors (Lipinski definition) is 4. The summed E-state index contributed by atoms with van der Waals surface area (Å²) in [5.74, 6) is 0. The first kappa shape index (κ1) is 21.5. The summed E-state index contributed by atoms with van der Waals surface area (Å²) in [5, 5.41) is 0.209. The second-order valence-corrected chi connectivity index (χ2v) is 6.29. The smallest absolute Gasteiger partial charge is 0.375 e. The molecule has 0 radical (unpaired) electrons. The first-order valence-corrected chi connectivity index (χ1v) is 7.44. The number of nitrogens with two attached hydrogens (primary N) is 1. The molecular formula is C14H14ClF6N3S. The van der Waals surface area contributed by atoms with Gasteiger partial charge in [-0.05, 0) is 24.7 Å². The molecule has 11 heteroatoms. The van der Waals surface area contributed by atoms with Crippen LogP contribution >= 0.6 is 23.7 Å². The van der Waals surface area contributed by atoms with Crippen molar-refractivity contribution in [2.45, 2.75) is 24.9 Å². The summed E-state index contributed by atoms with van der Waals surface area (Å²) in [6.07, 6.45) is -8.11. The van der Waals surface area contributed by atoms with Crippen LogP contribution in [0.5, 0.6) is 0 Å². The number of anilines is 1. The minimum atomic E-state index is -4.74. The van der Waals surface area contributed by atoms with Crippen LogP contribution in [0.1, 0.15) is 22.0 Å². The van der Waals surface area contributed by atoms with E-state index in [2.05, 4.69) is 4.98 Å². The maximum atomic E-state index is 13.4. The predicted octanol–water partition coefficient (Wildman–Crippen LogP) is 4.90. The Morgan fingerprint density at radius 1 is 1.20 bits per heavy atom. The summed E-state index contributed by atoms with van der Waals surface area (Å²) in [4.78, 5) is 5.15. The van der Waals surface area contributed by atoms with Crippen molar-refractivity contribution in [1.82, 2.24) is 9.88 Å². The van der Waals surface area contributed by atoms with Crippen molar-refractivity contribution in [3.05, 3.63) is 46.5 Å². The first-order chi connectivity index (χ1) is 11.0. The predicted molar refractivity (Wildman–Crippen MR) is 85.5 cm³/mol. The van der Waals surface area contributed by atoms with Crippen LogP contribution in [0.3, 0.4) is 0 Å². The molecule has 1 atom stereocenters. The molecule has 0 saturated heterocycles. The van der Waals surface area contributed by atoms with Crippen molar-refractivity contribution >= 4 is 28.9 Å². The van der Waals surface area contributed by atoms with Gasteiger partial charge in [-0.25, -0.2) is 4.98 Å². The van der Waals surface area contributed by atoms with E-state index >= 15 is 0 Å². The van der Waals surface area contributed by atoms with Gasteiger partial charge in [0, 0.05) is 17.6 Å². The van der Waals surface area contributed by atoms with Crippen LogP contribution < -0.4 is 5.73 Å². The maximum Gasteiger partial charge on any atom is 0.416 e. The molecule has 1 heterocycles. The van der Waals surface area contributed by atoms with E-state index in [4.69, 9.17) is 5.73 Å². The van der Waals surface area contributed by atoms with Gasteiger partial charge in [0.2, 0.25) is 0 Å². The van der Waals surface area contributed by atoms with E-state index in [1.165, 1.54) is 13.2 Å². The molecule has 1 unspecified atom stereocenters. The third kappa shape index (κ3) is 5.48.